The number of para-hydroxylation sites is 1. The van der Waals surface area contributed by atoms with E-state index in [1.807, 2.05) is 48.0 Å². The summed E-state index contributed by atoms with van der Waals surface area (Å²) in [5.41, 5.74) is 1.29. The lowest BCUT2D eigenvalue weighted by Crippen LogP contribution is -2.23. The van der Waals surface area contributed by atoms with E-state index in [-0.39, 0.29) is 16.4 Å². The maximum absolute atomic E-state index is 13.5. The fourth-order valence-electron chi connectivity index (χ4n) is 3.51. The summed E-state index contributed by atoms with van der Waals surface area (Å²) >= 11 is 4.46. The van der Waals surface area contributed by atoms with Crippen molar-refractivity contribution in [3.63, 3.8) is 0 Å². The van der Waals surface area contributed by atoms with Crippen LogP contribution in [0.2, 0.25) is 0 Å². The number of thiophene rings is 2. The summed E-state index contributed by atoms with van der Waals surface area (Å²) in [6.45, 7) is 6.10. The molecular weight excluding hydrogens is 460 g/mol. The van der Waals surface area contributed by atoms with E-state index in [0.717, 1.165) is 10.4 Å². The first kappa shape index (κ1) is 20.9. The molecule has 160 valence electrons. The number of aromatic nitrogens is 4. The summed E-state index contributed by atoms with van der Waals surface area (Å²) in [6.07, 6.45) is 1.69. The van der Waals surface area contributed by atoms with Crippen LogP contribution in [0.4, 0.5) is 0 Å². The van der Waals surface area contributed by atoms with Crippen molar-refractivity contribution in [2.45, 2.75) is 23.9 Å². The number of allylic oxidation sites excluding steroid dienone is 1. The monoisotopic (exact) mass is 478 g/mol. The van der Waals surface area contributed by atoms with Gasteiger partial charge in [-0.05, 0) is 30.5 Å². The van der Waals surface area contributed by atoms with Gasteiger partial charge in [0.2, 0.25) is 0 Å². The number of thioether (sulfide) groups is 1. The van der Waals surface area contributed by atoms with E-state index < -0.39 is 0 Å². The third-order valence-electron chi connectivity index (χ3n) is 5.06. The number of nitrogens with one attached hydrogen (secondary N) is 1. The molecule has 1 atom stereocenters. The lowest BCUT2D eigenvalue weighted by Gasteiger charge is -2.15. The number of rotatable bonds is 6. The molecule has 4 heterocycles. The van der Waals surface area contributed by atoms with Crippen molar-refractivity contribution in [2.75, 3.05) is 0 Å². The molecule has 0 saturated heterocycles. The van der Waals surface area contributed by atoms with Crippen LogP contribution in [-0.4, -0.2) is 19.5 Å². The molecule has 0 aliphatic rings. The van der Waals surface area contributed by atoms with Gasteiger partial charge >= 0.3 is 0 Å². The Morgan fingerprint density at radius 2 is 2.03 bits per heavy atom. The number of benzene rings is 1. The lowest BCUT2D eigenvalue weighted by atomic mass is 10.2. The van der Waals surface area contributed by atoms with Gasteiger partial charge in [-0.1, -0.05) is 36.0 Å². The fourth-order valence-corrected chi connectivity index (χ4v) is 6.29. The van der Waals surface area contributed by atoms with Crippen LogP contribution >= 0.6 is 34.4 Å². The third kappa shape index (κ3) is 3.62. The highest BCUT2D eigenvalue weighted by Gasteiger charge is 2.20. The largest absolute Gasteiger partial charge is 0.309 e. The minimum atomic E-state index is -0.218. The van der Waals surface area contributed by atoms with Crippen LogP contribution in [0.5, 0.6) is 0 Å². The fraction of sp³-hybridized carbons (Fsp3) is 0.130. The molecule has 0 amide bonds. The smallest absolute Gasteiger partial charge is 0.263 e. The highest BCUT2D eigenvalue weighted by atomic mass is 32.2. The summed E-state index contributed by atoms with van der Waals surface area (Å²) in [5, 5.41) is 5.53. The van der Waals surface area contributed by atoms with E-state index in [1.54, 1.807) is 28.0 Å². The highest BCUT2D eigenvalue weighted by molar-refractivity contribution is 7.99. The number of fused-ring (bicyclic) bond motifs is 2. The zero-order valence-electron chi connectivity index (χ0n) is 17.1. The predicted molar refractivity (Wildman–Crippen MR) is 134 cm³/mol. The Labute approximate surface area is 195 Å². The average Bonchev–Trinajstić information content (AvgIpc) is 3.46. The van der Waals surface area contributed by atoms with Gasteiger partial charge in [0.15, 0.2) is 5.16 Å². The Balaban J connectivity index is 1.59. The van der Waals surface area contributed by atoms with Crippen molar-refractivity contribution >= 4 is 55.6 Å². The summed E-state index contributed by atoms with van der Waals surface area (Å²) in [4.78, 5) is 40.0. The van der Waals surface area contributed by atoms with Gasteiger partial charge in [0.25, 0.3) is 11.1 Å². The van der Waals surface area contributed by atoms with Crippen molar-refractivity contribution in [1.82, 2.24) is 19.5 Å². The molecule has 32 heavy (non-hydrogen) atoms. The van der Waals surface area contributed by atoms with Gasteiger partial charge in [-0.15, -0.1) is 29.3 Å². The standard InChI is InChI=1S/C23H18N4O2S3/c1-3-10-27-22(29)18-15(17-9-6-11-30-17)12-31-21(18)26-23(27)32-13(2)19-24-16-8-5-4-7-14(16)20(28)25-19/h3-9,11-13H,1,10H2,2H3,(H,24,25,28). The van der Waals surface area contributed by atoms with Crippen LogP contribution in [0, 0.1) is 0 Å². The molecule has 1 aromatic carbocycles. The zero-order chi connectivity index (χ0) is 22.2. The Morgan fingerprint density at radius 1 is 1.19 bits per heavy atom. The van der Waals surface area contributed by atoms with Crippen LogP contribution in [0.25, 0.3) is 31.6 Å². The molecular formula is C23H18N4O2S3. The number of nitrogens with zero attached hydrogens (tertiary/aromatic N) is 3. The highest BCUT2D eigenvalue weighted by Crippen LogP contribution is 2.37. The van der Waals surface area contributed by atoms with Crippen molar-refractivity contribution in [1.29, 1.82) is 0 Å². The van der Waals surface area contributed by atoms with E-state index in [2.05, 4.69) is 16.5 Å². The van der Waals surface area contributed by atoms with Gasteiger partial charge in [0.05, 0.1) is 21.5 Å². The van der Waals surface area contributed by atoms with Crippen LogP contribution in [-0.2, 0) is 6.54 Å². The first-order chi connectivity index (χ1) is 15.6. The Kier molecular flexibility index (Phi) is 5.54. The first-order valence-corrected chi connectivity index (χ1v) is 12.5. The molecule has 9 heteroatoms. The van der Waals surface area contributed by atoms with Gasteiger partial charge in [0.1, 0.15) is 10.7 Å². The molecule has 6 nitrogen and oxygen atoms in total. The Morgan fingerprint density at radius 3 is 2.81 bits per heavy atom. The molecule has 0 bridgehead atoms. The van der Waals surface area contributed by atoms with Crippen molar-refractivity contribution in [3.05, 3.63) is 86.3 Å². The second-order valence-electron chi connectivity index (χ2n) is 7.13. The molecule has 0 spiro atoms. The maximum atomic E-state index is 13.5. The average molecular weight is 479 g/mol. The molecule has 5 aromatic rings. The van der Waals surface area contributed by atoms with Gasteiger partial charge in [-0.25, -0.2) is 9.97 Å². The van der Waals surface area contributed by atoms with Gasteiger partial charge in [-0.2, -0.15) is 0 Å². The van der Waals surface area contributed by atoms with Gasteiger partial charge < -0.3 is 4.98 Å². The maximum Gasteiger partial charge on any atom is 0.263 e. The topological polar surface area (TPSA) is 80.6 Å². The summed E-state index contributed by atoms with van der Waals surface area (Å²) in [7, 11) is 0. The summed E-state index contributed by atoms with van der Waals surface area (Å²) in [6, 6.07) is 11.2. The summed E-state index contributed by atoms with van der Waals surface area (Å²) in [5.74, 6) is 0.545. The van der Waals surface area contributed by atoms with Crippen LogP contribution in [0.3, 0.4) is 0 Å². The SMILES string of the molecule is C=CCn1c(SC(C)c2nc3ccccc3c(=O)[nH]2)nc2scc(-c3cccs3)c2c1=O. The molecule has 0 aliphatic carbocycles. The van der Waals surface area contributed by atoms with Crippen LogP contribution in [0.1, 0.15) is 18.0 Å². The van der Waals surface area contributed by atoms with E-state index in [0.29, 0.717) is 38.6 Å². The Bertz CT molecular complexity index is 1560. The van der Waals surface area contributed by atoms with Crippen LogP contribution < -0.4 is 11.1 Å². The molecule has 5 rings (SSSR count). The van der Waals surface area contributed by atoms with Crippen molar-refractivity contribution < 1.29 is 0 Å². The van der Waals surface area contributed by atoms with E-state index in [9.17, 15) is 9.59 Å². The summed E-state index contributed by atoms with van der Waals surface area (Å²) < 4.78 is 1.64. The van der Waals surface area contributed by atoms with E-state index >= 15 is 0 Å². The quantitative estimate of drug-likeness (QED) is 0.199. The molecule has 1 N–H and O–H groups in total. The van der Waals surface area contributed by atoms with Gasteiger partial charge in [-0.3, -0.25) is 14.2 Å². The lowest BCUT2D eigenvalue weighted by molar-refractivity contribution is 0.670. The number of hydrogen-bond donors (Lipinski definition) is 1. The molecule has 0 aliphatic heterocycles. The minimum absolute atomic E-state index is 0.0887. The van der Waals surface area contributed by atoms with Crippen molar-refractivity contribution in [3.8, 4) is 10.4 Å². The zero-order valence-corrected chi connectivity index (χ0v) is 19.5. The minimum Gasteiger partial charge on any atom is -0.309 e. The molecule has 4 aromatic heterocycles. The number of H-pyrrole nitrogens is 1. The Hall–Kier alpha value is -3.01. The first-order valence-electron chi connectivity index (χ1n) is 9.89. The number of hydrogen-bond acceptors (Lipinski definition) is 7. The third-order valence-corrected chi connectivity index (χ3v) is 7.93. The second kappa shape index (κ2) is 8.50. The molecule has 0 saturated carbocycles. The predicted octanol–water partition coefficient (Wildman–Crippen LogP) is 5.46. The van der Waals surface area contributed by atoms with Gasteiger partial charge in [0, 0.05) is 22.4 Å². The molecule has 0 fully saturated rings. The normalized spacial score (nSPS) is 12.4. The second-order valence-corrected chi connectivity index (χ2v) is 10.2. The van der Waals surface area contributed by atoms with E-state index in [4.69, 9.17) is 4.98 Å². The van der Waals surface area contributed by atoms with Crippen molar-refractivity contribution in [2.24, 2.45) is 0 Å². The molecule has 0 radical (unpaired) electrons. The molecule has 1 unspecified atom stereocenters. The number of aromatic amines is 1. The van der Waals surface area contributed by atoms with Crippen LogP contribution in [0.15, 0.2) is 74.6 Å². The van der Waals surface area contributed by atoms with E-state index in [1.165, 1.54) is 23.1 Å².